The minimum Gasteiger partial charge on any atom is -0.444 e. The summed E-state index contributed by atoms with van der Waals surface area (Å²) in [5, 5.41) is 3.23. The lowest BCUT2D eigenvalue weighted by Gasteiger charge is -2.35. The summed E-state index contributed by atoms with van der Waals surface area (Å²) in [5.41, 5.74) is 0.239. The topological polar surface area (TPSA) is 117 Å². The van der Waals surface area contributed by atoms with Crippen molar-refractivity contribution >= 4 is 33.4 Å². The summed E-state index contributed by atoms with van der Waals surface area (Å²) in [6.45, 7) is 9.36. The number of nitrogens with zero attached hydrogens (tertiary/aromatic N) is 5. The molecule has 0 spiro atoms. The largest absolute Gasteiger partial charge is 0.444 e. The normalized spacial score (nSPS) is 17.7. The van der Waals surface area contributed by atoms with Gasteiger partial charge in [0.25, 0.3) is 0 Å². The third-order valence-corrected chi connectivity index (χ3v) is 8.49. The van der Waals surface area contributed by atoms with Gasteiger partial charge in [-0.1, -0.05) is 0 Å². The minimum atomic E-state index is -3.54. The SMILES string of the molecule is CN(CC1CCN(C(=O)OC(C)(C)C)CC1)c1cc(Nc2ccc(S(=O)(=O)N3CCOCC3)cc2)ncn1. The van der Waals surface area contributed by atoms with E-state index in [9.17, 15) is 13.2 Å². The standard InChI is InChI=1S/C26H38N6O5S/c1-26(2,3)37-25(33)31-11-9-20(10-12-31)18-30(4)24-17-23(27-19-28-24)29-21-5-7-22(8-6-21)38(34,35)32-13-15-36-16-14-32/h5-8,17,19-20H,9-16,18H2,1-4H3,(H,27,28,29). The number of morpholine rings is 1. The number of likely N-dealkylation sites (tertiary alicyclic amines) is 1. The average molecular weight is 547 g/mol. The molecule has 4 rings (SSSR count). The Balaban J connectivity index is 1.31. The second-order valence-electron chi connectivity index (χ2n) is 10.7. The van der Waals surface area contributed by atoms with Gasteiger partial charge in [0.1, 0.15) is 23.6 Å². The fourth-order valence-electron chi connectivity index (χ4n) is 4.52. The zero-order valence-electron chi connectivity index (χ0n) is 22.6. The Morgan fingerprint density at radius 1 is 1.11 bits per heavy atom. The second-order valence-corrected chi connectivity index (χ2v) is 12.7. The highest BCUT2D eigenvalue weighted by Crippen LogP contribution is 2.25. The van der Waals surface area contributed by atoms with Gasteiger partial charge in [-0.3, -0.25) is 0 Å². The summed E-state index contributed by atoms with van der Waals surface area (Å²) in [7, 11) is -1.54. The molecule has 0 atom stereocenters. The number of carbonyl (C=O) groups excluding carboxylic acids is 1. The van der Waals surface area contributed by atoms with Crippen molar-refractivity contribution in [3.63, 3.8) is 0 Å². The Bertz CT molecular complexity index is 1190. The Morgan fingerprint density at radius 2 is 1.76 bits per heavy atom. The van der Waals surface area contributed by atoms with Gasteiger partial charge >= 0.3 is 6.09 Å². The average Bonchev–Trinajstić information content (AvgIpc) is 2.89. The van der Waals surface area contributed by atoms with Gasteiger partial charge in [0.05, 0.1) is 18.1 Å². The van der Waals surface area contributed by atoms with E-state index in [2.05, 4.69) is 20.2 Å². The van der Waals surface area contributed by atoms with Gasteiger partial charge in [-0.05, 0) is 63.8 Å². The van der Waals surface area contributed by atoms with E-state index in [1.807, 2.05) is 33.9 Å². The highest BCUT2D eigenvalue weighted by atomic mass is 32.2. The molecule has 0 aliphatic carbocycles. The van der Waals surface area contributed by atoms with E-state index in [0.717, 1.165) is 30.9 Å². The Morgan fingerprint density at radius 3 is 2.39 bits per heavy atom. The van der Waals surface area contributed by atoms with Gasteiger partial charge in [0, 0.05) is 51.5 Å². The quantitative estimate of drug-likeness (QED) is 0.558. The van der Waals surface area contributed by atoms with Crippen molar-refractivity contribution in [1.29, 1.82) is 0 Å². The van der Waals surface area contributed by atoms with Crippen LogP contribution in [0.3, 0.4) is 0 Å². The number of hydrogen-bond acceptors (Lipinski definition) is 9. The molecule has 2 saturated heterocycles. The molecule has 2 aliphatic heterocycles. The fraction of sp³-hybridized carbons (Fsp3) is 0.577. The molecule has 0 saturated carbocycles. The van der Waals surface area contributed by atoms with E-state index in [4.69, 9.17) is 9.47 Å². The number of aromatic nitrogens is 2. The van der Waals surface area contributed by atoms with Crippen molar-refractivity contribution < 1.29 is 22.7 Å². The first-order valence-corrected chi connectivity index (χ1v) is 14.4. The van der Waals surface area contributed by atoms with Crippen molar-refractivity contribution in [1.82, 2.24) is 19.2 Å². The second kappa shape index (κ2) is 11.8. The summed E-state index contributed by atoms with van der Waals surface area (Å²) in [5.74, 6) is 1.83. The van der Waals surface area contributed by atoms with Crippen LogP contribution in [0.4, 0.5) is 22.1 Å². The molecule has 3 heterocycles. The first-order valence-electron chi connectivity index (χ1n) is 13.0. The van der Waals surface area contributed by atoms with Crippen molar-refractivity contribution in [2.75, 3.05) is 63.2 Å². The number of hydrogen-bond donors (Lipinski definition) is 1. The van der Waals surface area contributed by atoms with Gasteiger partial charge < -0.3 is 24.6 Å². The number of amides is 1. The molecular formula is C26H38N6O5S. The van der Waals surface area contributed by atoms with Crippen LogP contribution in [0, 0.1) is 5.92 Å². The van der Waals surface area contributed by atoms with Gasteiger partial charge in [-0.2, -0.15) is 4.31 Å². The van der Waals surface area contributed by atoms with Crippen LogP contribution in [0.1, 0.15) is 33.6 Å². The molecule has 2 aromatic rings. The zero-order chi connectivity index (χ0) is 27.3. The van der Waals surface area contributed by atoms with E-state index in [-0.39, 0.29) is 11.0 Å². The van der Waals surface area contributed by atoms with Crippen LogP contribution in [0.15, 0.2) is 41.6 Å². The van der Waals surface area contributed by atoms with Crippen LogP contribution in [-0.2, 0) is 19.5 Å². The molecule has 0 radical (unpaired) electrons. The van der Waals surface area contributed by atoms with Gasteiger partial charge in [-0.15, -0.1) is 0 Å². The molecule has 2 aliphatic rings. The van der Waals surface area contributed by atoms with Gasteiger partial charge in [0.15, 0.2) is 0 Å². The number of sulfonamides is 1. The van der Waals surface area contributed by atoms with Crippen molar-refractivity contribution in [3.05, 3.63) is 36.7 Å². The maximum atomic E-state index is 12.8. The molecule has 38 heavy (non-hydrogen) atoms. The Hall–Kier alpha value is -2.96. The van der Waals surface area contributed by atoms with Gasteiger partial charge in [-0.25, -0.2) is 23.2 Å². The molecule has 1 aromatic carbocycles. The van der Waals surface area contributed by atoms with Crippen LogP contribution in [0.5, 0.6) is 0 Å². The highest BCUT2D eigenvalue weighted by molar-refractivity contribution is 7.89. The van der Waals surface area contributed by atoms with Crippen molar-refractivity contribution in [2.24, 2.45) is 5.92 Å². The van der Waals surface area contributed by atoms with Crippen LogP contribution in [0.25, 0.3) is 0 Å². The van der Waals surface area contributed by atoms with Crippen molar-refractivity contribution in [3.8, 4) is 0 Å². The maximum Gasteiger partial charge on any atom is 0.410 e. The molecular weight excluding hydrogens is 508 g/mol. The molecule has 2 fully saturated rings. The minimum absolute atomic E-state index is 0.248. The first-order chi connectivity index (χ1) is 18.0. The molecule has 1 N–H and O–H groups in total. The smallest absolute Gasteiger partial charge is 0.410 e. The Kier molecular flexibility index (Phi) is 8.74. The van der Waals surface area contributed by atoms with Crippen LogP contribution in [0.2, 0.25) is 0 Å². The summed E-state index contributed by atoms with van der Waals surface area (Å²) < 4.78 is 37.9. The molecule has 0 unspecified atom stereocenters. The summed E-state index contributed by atoms with van der Waals surface area (Å²) in [6.07, 6.45) is 3.07. The molecule has 208 valence electrons. The number of rotatable bonds is 7. The molecule has 12 heteroatoms. The number of carbonyl (C=O) groups is 1. The number of benzene rings is 1. The lowest BCUT2D eigenvalue weighted by atomic mass is 9.96. The predicted molar refractivity (Wildman–Crippen MR) is 145 cm³/mol. The van der Waals surface area contributed by atoms with Crippen LogP contribution >= 0.6 is 0 Å². The van der Waals surface area contributed by atoms with Crippen LogP contribution < -0.4 is 10.2 Å². The molecule has 11 nitrogen and oxygen atoms in total. The van der Waals surface area contributed by atoms with Crippen LogP contribution in [-0.4, -0.2) is 92.3 Å². The number of piperidine rings is 1. The number of nitrogens with one attached hydrogen (secondary N) is 1. The zero-order valence-corrected chi connectivity index (χ0v) is 23.4. The maximum absolute atomic E-state index is 12.8. The Labute approximate surface area is 225 Å². The van der Waals surface area contributed by atoms with E-state index in [0.29, 0.717) is 51.1 Å². The first kappa shape index (κ1) is 28.1. The number of ether oxygens (including phenoxy) is 2. The lowest BCUT2D eigenvalue weighted by molar-refractivity contribution is 0.0186. The summed E-state index contributed by atoms with van der Waals surface area (Å²) >= 11 is 0. The third-order valence-electron chi connectivity index (χ3n) is 6.58. The van der Waals surface area contributed by atoms with Gasteiger partial charge in [0.2, 0.25) is 10.0 Å². The predicted octanol–water partition coefficient (Wildman–Crippen LogP) is 3.32. The molecule has 1 amide bonds. The van der Waals surface area contributed by atoms with E-state index < -0.39 is 15.6 Å². The summed E-state index contributed by atoms with van der Waals surface area (Å²) in [4.78, 5) is 25.2. The number of anilines is 3. The third kappa shape index (κ3) is 7.33. The van der Waals surface area contributed by atoms with E-state index >= 15 is 0 Å². The monoisotopic (exact) mass is 546 g/mol. The van der Waals surface area contributed by atoms with Crippen molar-refractivity contribution in [2.45, 2.75) is 44.1 Å². The fourth-order valence-corrected chi connectivity index (χ4v) is 5.93. The summed E-state index contributed by atoms with van der Waals surface area (Å²) in [6, 6.07) is 8.54. The lowest BCUT2D eigenvalue weighted by Crippen LogP contribution is -2.43. The highest BCUT2D eigenvalue weighted by Gasteiger charge is 2.28. The molecule has 0 bridgehead atoms. The van der Waals surface area contributed by atoms with E-state index in [1.54, 1.807) is 29.2 Å². The van der Waals surface area contributed by atoms with E-state index in [1.165, 1.54) is 10.6 Å². The molecule has 1 aromatic heterocycles.